The van der Waals surface area contributed by atoms with E-state index in [1.807, 2.05) is 0 Å². The highest BCUT2D eigenvalue weighted by atomic mass is 16.5. The second-order valence-corrected chi connectivity index (χ2v) is 3.51. The summed E-state index contributed by atoms with van der Waals surface area (Å²) < 4.78 is 5.56. The van der Waals surface area contributed by atoms with E-state index < -0.39 is 0 Å². The minimum Gasteiger partial charge on any atom is -0.488 e. The van der Waals surface area contributed by atoms with E-state index in [0.29, 0.717) is 17.1 Å². The maximum atomic E-state index is 11.5. The van der Waals surface area contributed by atoms with Crippen LogP contribution in [0.15, 0.2) is 12.3 Å². The fourth-order valence-electron chi connectivity index (χ4n) is 1.20. The Bertz CT molecular complexity index is 388. The molecule has 0 spiro atoms. The molecule has 0 radical (unpaired) electrons. The summed E-state index contributed by atoms with van der Waals surface area (Å²) in [7, 11) is 1.56. The zero-order chi connectivity index (χ0) is 10.8. The molecule has 5 heteroatoms. The summed E-state index contributed by atoms with van der Waals surface area (Å²) in [6.45, 7) is 0. The van der Waals surface area contributed by atoms with Crippen LogP contribution in [0.2, 0.25) is 0 Å². The zero-order valence-electron chi connectivity index (χ0n) is 8.49. The Hall–Kier alpha value is -1.78. The summed E-state index contributed by atoms with van der Waals surface area (Å²) in [4.78, 5) is 15.4. The van der Waals surface area contributed by atoms with Gasteiger partial charge >= 0.3 is 0 Å². The summed E-state index contributed by atoms with van der Waals surface area (Å²) in [5.74, 6) is 0.211. The Morgan fingerprint density at radius 2 is 2.40 bits per heavy atom. The normalized spacial score (nSPS) is 14.7. The first kappa shape index (κ1) is 9.76. The van der Waals surface area contributed by atoms with Crippen LogP contribution in [-0.2, 0) is 0 Å². The molecule has 3 N–H and O–H groups in total. The van der Waals surface area contributed by atoms with Crippen molar-refractivity contribution in [2.24, 2.45) is 0 Å². The summed E-state index contributed by atoms with van der Waals surface area (Å²) >= 11 is 0. The van der Waals surface area contributed by atoms with Crippen molar-refractivity contribution >= 4 is 11.6 Å². The van der Waals surface area contributed by atoms with Gasteiger partial charge in [-0.05, 0) is 12.8 Å². The first-order chi connectivity index (χ1) is 7.20. The summed E-state index contributed by atoms with van der Waals surface area (Å²) in [6, 6.07) is 1.63. The predicted molar refractivity (Wildman–Crippen MR) is 55.7 cm³/mol. The molecule has 0 aliphatic heterocycles. The number of anilines is 1. The van der Waals surface area contributed by atoms with Crippen molar-refractivity contribution in [3.8, 4) is 5.75 Å². The molecule has 1 aromatic heterocycles. The molecule has 1 aliphatic rings. The Kier molecular flexibility index (Phi) is 2.45. The number of carbonyl (C=O) groups is 1. The molecule has 0 bridgehead atoms. The molecule has 2 rings (SSSR count). The molecular formula is C10H13N3O2. The highest BCUT2D eigenvalue weighted by Crippen LogP contribution is 2.29. The molecule has 0 saturated heterocycles. The van der Waals surface area contributed by atoms with Gasteiger partial charge in [0.1, 0.15) is 0 Å². The molecule has 1 heterocycles. The molecule has 1 aliphatic carbocycles. The van der Waals surface area contributed by atoms with Crippen molar-refractivity contribution < 1.29 is 9.53 Å². The number of nitrogens with one attached hydrogen (secondary N) is 1. The number of nitrogens with zero attached hydrogens (tertiary/aromatic N) is 1. The lowest BCUT2D eigenvalue weighted by atomic mass is 10.3. The number of hydrogen-bond donors (Lipinski definition) is 2. The minimum atomic E-state index is -0.259. The van der Waals surface area contributed by atoms with Gasteiger partial charge in [0.2, 0.25) is 0 Å². The first-order valence-electron chi connectivity index (χ1n) is 4.85. The lowest BCUT2D eigenvalue weighted by Crippen LogP contribution is -2.20. The molecule has 0 aromatic carbocycles. The fourth-order valence-corrected chi connectivity index (χ4v) is 1.20. The van der Waals surface area contributed by atoms with Gasteiger partial charge in [0, 0.05) is 13.1 Å². The summed E-state index contributed by atoms with van der Waals surface area (Å²) in [6.07, 6.45) is 3.73. The number of rotatable bonds is 3. The molecule has 1 aromatic rings. The number of carbonyl (C=O) groups excluding carboxylic acids is 1. The van der Waals surface area contributed by atoms with Crippen LogP contribution in [0.5, 0.6) is 5.75 Å². The van der Waals surface area contributed by atoms with Gasteiger partial charge in [-0.1, -0.05) is 0 Å². The molecular weight excluding hydrogens is 194 g/mol. The minimum absolute atomic E-state index is 0.219. The number of pyridine rings is 1. The number of hydrogen-bond acceptors (Lipinski definition) is 4. The van der Waals surface area contributed by atoms with E-state index in [0.717, 1.165) is 12.8 Å². The summed E-state index contributed by atoms with van der Waals surface area (Å²) in [5, 5.41) is 2.51. The number of aromatic nitrogens is 1. The third-order valence-corrected chi connectivity index (χ3v) is 2.13. The quantitative estimate of drug-likeness (QED) is 0.759. The molecule has 15 heavy (non-hydrogen) atoms. The van der Waals surface area contributed by atoms with Gasteiger partial charge < -0.3 is 15.8 Å². The van der Waals surface area contributed by atoms with Gasteiger partial charge in [0.05, 0.1) is 18.0 Å². The number of nitrogens with two attached hydrogens (primary N) is 1. The monoisotopic (exact) mass is 207 g/mol. The largest absolute Gasteiger partial charge is 0.488 e. The molecule has 0 unspecified atom stereocenters. The number of ether oxygens (including phenoxy) is 1. The average molecular weight is 207 g/mol. The van der Waals surface area contributed by atoms with Crippen LogP contribution in [0.3, 0.4) is 0 Å². The second-order valence-electron chi connectivity index (χ2n) is 3.51. The molecule has 1 saturated carbocycles. The van der Waals surface area contributed by atoms with Gasteiger partial charge in [-0.3, -0.25) is 4.79 Å². The summed E-state index contributed by atoms with van der Waals surface area (Å²) in [5.41, 5.74) is 6.38. The Labute approximate surface area is 87.6 Å². The highest BCUT2D eigenvalue weighted by Gasteiger charge is 2.26. The van der Waals surface area contributed by atoms with Crippen LogP contribution in [0.4, 0.5) is 5.69 Å². The Morgan fingerprint density at radius 1 is 1.67 bits per heavy atom. The van der Waals surface area contributed by atoms with Gasteiger partial charge in [-0.2, -0.15) is 0 Å². The van der Waals surface area contributed by atoms with E-state index in [9.17, 15) is 4.79 Å². The van der Waals surface area contributed by atoms with Crippen molar-refractivity contribution in [1.82, 2.24) is 10.3 Å². The third kappa shape index (κ3) is 2.18. The van der Waals surface area contributed by atoms with E-state index in [1.165, 1.54) is 6.20 Å². The predicted octanol–water partition coefficient (Wildman–Crippen LogP) is 0.565. The maximum absolute atomic E-state index is 11.5. The van der Waals surface area contributed by atoms with Crippen molar-refractivity contribution in [1.29, 1.82) is 0 Å². The molecule has 1 amide bonds. The van der Waals surface area contributed by atoms with Crippen LogP contribution in [0.1, 0.15) is 23.3 Å². The Balaban J connectivity index is 2.29. The topological polar surface area (TPSA) is 77.2 Å². The lowest BCUT2D eigenvalue weighted by molar-refractivity contribution is 0.0953. The van der Waals surface area contributed by atoms with Crippen LogP contribution in [0, 0.1) is 0 Å². The maximum Gasteiger partial charge on any atom is 0.273 e. The molecule has 0 atom stereocenters. The Morgan fingerprint density at radius 3 is 3.00 bits per heavy atom. The van der Waals surface area contributed by atoms with Crippen LogP contribution in [0.25, 0.3) is 0 Å². The van der Waals surface area contributed by atoms with E-state index in [4.69, 9.17) is 10.5 Å². The van der Waals surface area contributed by atoms with Crippen molar-refractivity contribution in [3.63, 3.8) is 0 Å². The smallest absolute Gasteiger partial charge is 0.273 e. The zero-order valence-corrected chi connectivity index (χ0v) is 8.49. The lowest BCUT2D eigenvalue weighted by Gasteiger charge is -2.09. The van der Waals surface area contributed by atoms with Crippen molar-refractivity contribution in [3.05, 3.63) is 18.0 Å². The average Bonchev–Trinajstić information content (AvgIpc) is 3.01. The van der Waals surface area contributed by atoms with E-state index in [1.54, 1.807) is 13.1 Å². The molecule has 1 fully saturated rings. The van der Waals surface area contributed by atoms with Crippen LogP contribution < -0.4 is 15.8 Å². The number of nitrogen functional groups attached to an aromatic ring is 1. The van der Waals surface area contributed by atoms with Crippen LogP contribution in [-0.4, -0.2) is 24.0 Å². The highest BCUT2D eigenvalue weighted by molar-refractivity contribution is 5.95. The fraction of sp³-hybridized carbons (Fsp3) is 0.400. The van der Waals surface area contributed by atoms with E-state index >= 15 is 0 Å². The van der Waals surface area contributed by atoms with Gasteiger partial charge in [0.15, 0.2) is 11.4 Å². The van der Waals surface area contributed by atoms with Crippen molar-refractivity contribution in [2.75, 3.05) is 12.8 Å². The standard InChI is InChI=1S/C10H13N3O2/c1-12-10(14)9-8(15-7-2-3-7)4-6(11)5-13-9/h4-5,7H,2-3,11H2,1H3,(H,12,14). The van der Waals surface area contributed by atoms with Gasteiger partial charge in [-0.15, -0.1) is 0 Å². The van der Waals surface area contributed by atoms with Gasteiger partial charge in [-0.25, -0.2) is 4.98 Å². The van der Waals surface area contributed by atoms with E-state index in [-0.39, 0.29) is 12.0 Å². The number of amides is 1. The second kappa shape index (κ2) is 3.76. The molecule has 80 valence electrons. The van der Waals surface area contributed by atoms with E-state index in [2.05, 4.69) is 10.3 Å². The van der Waals surface area contributed by atoms with Crippen LogP contribution >= 0.6 is 0 Å². The SMILES string of the molecule is CNC(=O)c1ncc(N)cc1OC1CC1. The molecule has 5 nitrogen and oxygen atoms in total. The van der Waals surface area contributed by atoms with Crippen molar-refractivity contribution in [2.45, 2.75) is 18.9 Å². The third-order valence-electron chi connectivity index (χ3n) is 2.13. The first-order valence-corrected chi connectivity index (χ1v) is 4.85. The van der Waals surface area contributed by atoms with Gasteiger partial charge in [0.25, 0.3) is 5.91 Å².